The molecule has 1 saturated heterocycles. The minimum atomic E-state index is -1.38. The third kappa shape index (κ3) is 5.07. The van der Waals surface area contributed by atoms with E-state index in [1.54, 1.807) is 0 Å². The number of oxime groups is 1. The van der Waals surface area contributed by atoms with Crippen molar-refractivity contribution in [2.24, 2.45) is 5.16 Å². The summed E-state index contributed by atoms with van der Waals surface area (Å²) in [6.45, 7) is 1.56. The van der Waals surface area contributed by atoms with Gasteiger partial charge in [-0.15, -0.1) is 11.8 Å². The maximum atomic E-state index is 13.2. The molecule has 208 valence electrons. The number of hydrogen-bond donors (Lipinski definition) is 4. The standard InChI is InChI=1S/C22H19ClN8O6S3/c1-8(20(35)36)37-29-13(12-15(23)39-22(25)28-12)16(33)27-14-17(34)31-11(6-32)9(7-38-19(14)31)5-30-4-2-3-10-18(30)40-21(24)26-10/h2-4,6,8,14,19H,5,7H2,1H3,(H5-,24,25,26,27,28,33,35,36)/p+1/b29-13-/t8-,14?,19?/m0/s1. The highest BCUT2D eigenvalue weighted by Crippen LogP contribution is 2.40. The minimum Gasteiger partial charge on any atom is -0.478 e. The van der Waals surface area contributed by atoms with Gasteiger partial charge in [0.25, 0.3) is 16.6 Å². The highest BCUT2D eigenvalue weighted by Gasteiger charge is 2.53. The molecule has 18 heteroatoms. The maximum Gasteiger partial charge on any atom is 0.347 e. The monoisotopic (exact) mass is 623 g/mol. The number of carbonyl (C=O) groups is 4. The Hall–Kier alpha value is -3.80. The van der Waals surface area contributed by atoms with Gasteiger partial charge in [0.2, 0.25) is 6.10 Å². The molecule has 2 aliphatic rings. The molecule has 6 N–H and O–H groups in total. The van der Waals surface area contributed by atoms with Crippen molar-refractivity contribution in [2.45, 2.75) is 31.0 Å². The number of nitrogens with two attached hydrogens (primary N) is 2. The molecule has 0 bridgehead atoms. The molecular weight excluding hydrogens is 604 g/mol. The molecule has 2 unspecified atom stereocenters. The van der Waals surface area contributed by atoms with Gasteiger partial charge >= 0.3 is 5.97 Å². The lowest BCUT2D eigenvalue weighted by Crippen LogP contribution is -2.70. The second kappa shape index (κ2) is 11.0. The number of hydrogen-bond acceptors (Lipinski definition) is 13. The van der Waals surface area contributed by atoms with Gasteiger partial charge in [-0.05, 0) is 24.3 Å². The molecule has 1 fully saturated rings. The Morgan fingerprint density at radius 2 is 2.12 bits per heavy atom. The van der Waals surface area contributed by atoms with Crippen molar-refractivity contribution in [1.29, 1.82) is 0 Å². The summed E-state index contributed by atoms with van der Waals surface area (Å²) in [7, 11) is 0. The summed E-state index contributed by atoms with van der Waals surface area (Å²) in [5.41, 5.74) is 12.7. The van der Waals surface area contributed by atoms with Crippen LogP contribution in [-0.2, 0) is 30.6 Å². The quantitative estimate of drug-likeness (QED) is 0.0853. The number of carboxylic acids is 1. The Morgan fingerprint density at radius 1 is 1.38 bits per heavy atom. The van der Waals surface area contributed by atoms with E-state index in [-0.39, 0.29) is 20.9 Å². The summed E-state index contributed by atoms with van der Waals surface area (Å²) in [5, 5.41) is 15.2. The number of β-lactam (4-membered cyclic amide) rings is 1. The number of nitrogen functional groups attached to an aromatic ring is 2. The maximum absolute atomic E-state index is 13.2. The summed E-state index contributed by atoms with van der Waals surface area (Å²) in [6.07, 6.45) is 1.10. The molecule has 5 rings (SSSR count). The van der Waals surface area contributed by atoms with Crippen LogP contribution in [0.5, 0.6) is 0 Å². The van der Waals surface area contributed by atoms with E-state index >= 15 is 0 Å². The Bertz CT molecular complexity index is 1620. The number of pyridine rings is 1. The number of allylic oxidation sites excluding steroid dienone is 1. The predicted octanol–water partition coefficient (Wildman–Crippen LogP) is 0.605. The third-order valence-corrected chi connectivity index (χ3v) is 9.34. The minimum absolute atomic E-state index is 0.0256. The van der Waals surface area contributed by atoms with Crippen LogP contribution in [0.1, 0.15) is 12.6 Å². The molecule has 5 heterocycles. The molecule has 0 aromatic carbocycles. The number of anilines is 2. The Kier molecular flexibility index (Phi) is 7.63. The van der Waals surface area contributed by atoms with Crippen molar-refractivity contribution in [3.05, 3.63) is 39.6 Å². The van der Waals surface area contributed by atoms with Gasteiger partial charge < -0.3 is 26.7 Å². The Morgan fingerprint density at radius 3 is 2.80 bits per heavy atom. The fourth-order valence-corrected chi connectivity index (χ4v) is 7.14. The molecule has 0 saturated carbocycles. The normalized spacial score (nSPS) is 19.7. The van der Waals surface area contributed by atoms with Crippen LogP contribution >= 0.6 is 46.0 Å². The van der Waals surface area contributed by atoms with Crippen LogP contribution in [0.2, 0.25) is 4.34 Å². The van der Waals surface area contributed by atoms with Crippen LogP contribution in [0.4, 0.5) is 10.3 Å². The van der Waals surface area contributed by atoms with Gasteiger partial charge in [0, 0.05) is 17.4 Å². The number of halogens is 1. The summed E-state index contributed by atoms with van der Waals surface area (Å²) in [4.78, 5) is 65.0. The first-order valence-electron chi connectivity index (χ1n) is 11.4. The molecule has 2 aliphatic heterocycles. The van der Waals surface area contributed by atoms with E-state index in [9.17, 15) is 19.2 Å². The van der Waals surface area contributed by atoms with Crippen molar-refractivity contribution in [1.82, 2.24) is 20.2 Å². The summed E-state index contributed by atoms with van der Waals surface area (Å²) in [6, 6.07) is 2.66. The van der Waals surface area contributed by atoms with Crippen molar-refractivity contribution in [3.63, 3.8) is 0 Å². The summed E-state index contributed by atoms with van der Waals surface area (Å²) >= 11 is 9.73. The average Bonchev–Trinajstić information content (AvgIpc) is 3.47. The van der Waals surface area contributed by atoms with Crippen LogP contribution < -0.4 is 21.4 Å². The van der Waals surface area contributed by atoms with Gasteiger partial charge in [0.05, 0.1) is 5.70 Å². The zero-order valence-corrected chi connectivity index (χ0v) is 23.6. The molecule has 3 aromatic rings. The lowest BCUT2D eigenvalue weighted by Gasteiger charge is -2.49. The number of nitrogens with zero attached hydrogens (tertiary/aromatic N) is 5. The van der Waals surface area contributed by atoms with Gasteiger partial charge in [-0.1, -0.05) is 28.1 Å². The second-order valence-electron chi connectivity index (χ2n) is 8.55. The predicted molar refractivity (Wildman–Crippen MR) is 149 cm³/mol. The van der Waals surface area contributed by atoms with Gasteiger partial charge in [0.15, 0.2) is 35.0 Å². The number of aromatic nitrogens is 3. The number of carbonyl (C=O) groups excluding carboxylic acids is 3. The molecule has 3 atom stereocenters. The fourth-order valence-electron chi connectivity index (χ4n) is 4.05. The number of fused-ring (bicyclic) bond motifs is 2. The lowest BCUT2D eigenvalue weighted by atomic mass is 10.0. The van der Waals surface area contributed by atoms with Crippen LogP contribution in [-0.4, -0.2) is 73.0 Å². The third-order valence-electron chi connectivity index (χ3n) is 5.98. The summed E-state index contributed by atoms with van der Waals surface area (Å²) < 4.78 is 1.94. The largest absolute Gasteiger partial charge is 0.478 e. The van der Waals surface area contributed by atoms with Crippen LogP contribution in [0, 0.1) is 0 Å². The van der Waals surface area contributed by atoms with Gasteiger partial charge in [-0.25, -0.2) is 14.8 Å². The first kappa shape index (κ1) is 27.8. The first-order chi connectivity index (χ1) is 19.1. The van der Waals surface area contributed by atoms with Crippen molar-refractivity contribution >= 4 is 96.4 Å². The Balaban J connectivity index is 1.36. The molecule has 40 heavy (non-hydrogen) atoms. The van der Waals surface area contributed by atoms with E-state index in [2.05, 4.69) is 20.4 Å². The van der Waals surface area contributed by atoms with E-state index in [4.69, 9.17) is 33.0 Å². The summed E-state index contributed by atoms with van der Waals surface area (Å²) in [5.74, 6) is -2.27. The van der Waals surface area contributed by atoms with E-state index in [0.717, 1.165) is 27.3 Å². The SMILES string of the molecule is C[C@H](O/N=C(\C(=O)NC1C(=O)N2C(C=O)=C(C[n+]3cccc4nc(N)sc43)CSC12)c1nc(N)sc1Cl)C(=O)O. The topological polar surface area (TPSA) is 207 Å². The number of nitrogens with one attached hydrogen (secondary N) is 1. The molecular formula is C22H20ClN8O6S3+. The number of thiazole rings is 2. The Labute approximate surface area is 242 Å². The highest BCUT2D eigenvalue weighted by atomic mass is 35.5. The zero-order valence-electron chi connectivity index (χ0n) is 20.4. The number of thioether (sulfide) groups is 1. The second-order valence-corrected chi connectivity index (χ2v) is 12.3. The van der Waals surface area contributed by atoms with E-state index < -0.39 is 41.0 Å². The van der Waals surface area contributed by atoms with Gasteiger partial charge in [-0.2, -0.15) is 4.57 Å². The van der Waals surface area contributed by atoms with Gasteiger partial charge in [0.1, 0.15) is 27.0 Å². The molecule has 14 nitrogen and oxygen atoms in total. The van der Waals surface area contributed by atoms with Crippen molar-refractivity contribution < 1.29 is 33.7 Å². The molecule has 0 radical (unpaired) electrons. The van der Waals surface area contributed by atoms with Crippen molar-refractivity contribution in [3.8, 4) is 0 Å². The smallest absolute Gasteiger partial charge is 0.347 e. The van der Waals surface area contributed by atoms with Crippen LogP contribution in [0.25, 0.3) is 10.3 Å². The van der Waals surface area contributed by atoms with E-state index in [0.29, 0.717) is 23.7 Å². The highest BCUT2D eigenvalue weighted by molar-refractivity contribution is 8.00. The average molecular weight is 624 g/mol. The van der Waals surface area contributed by atoms with Crippen LogP contribution in [0.15, 0.2) is 34.8 Å². The van der Waals surface area contributed by atoms with Gasteiger partial charge in [-0.3, -0.25) is 19.3 Å². The molecule has 3 aromatic heterocycles. The van der Waals surface area contributed by atoms with Crippen LogP contribution in [0.3, 0.4) is 0 Å². The number of aldehydes is 1. The number of amides is 2. The van der Waals surface area contributed by atoms with E-state index in [1.807, 2.05) is 22.9 Å². The molecule has 0 aliphatic carbocycles. The number of rotatable bonds is 9. The number of aliphatic carboxylic acids is 1. The molecule has 0 spiro atoms. The van der Waals surface area contributed by atoms with E-state index in [1.165, 1.54) is 34.9 Å². The first-order valence-corrected chi connectivity index (χ1v) is 14.5. The molecule has 2 amide bonds. The fraction of sp³-hybridized carbons (Fsp3) is 0.273. The number of carboxylic acid groups (broad SMARTS) is 1. The zero-order chi connectivity index (χ0) is 28.7. The van der Waals surface area contributed by atoms with Crippen molar-refractivity contribution in [2.75, 3.05) is 17.2 Å². The lowest BCUT2D eigenvalue weighted by molar-refractivity contribution is -0.661.